The van der Waals surface area contributed by atoms with E-state index in [1.807, 2.05) is 0 Å². The highest BCUT2D eigenvalue weighted by Gasteiger charge is 2.37. The molecule has 0 bridgehead atoms. The van der Waals surface area contributed by atoms with Crippen LogP contribution in [-0.4, -0.2) is 42.5 Å². The van der Waals surface area contributed by atoms with Gasteiger partial charge in [-0.2, -0.15) is 0 Å². The van der Waals surface area contributed by atoms with Crippen LogP contribution in [0, 0.1) is 0 Å². The van der Waals surface area contributed by atoms with Crippen molar-refractivity contribution in [3.8, 4) is 0 Å². The van der Waals surface area contributed by atoms with Crippen LogP contribution in [0.3, 0.4) is 0 Å². The zero-order valence-corrected chi connectivity index (χ0v) is 11.3. The maximum absolute atomic E-state index is 11.7. The van der Waals surface area contributed by atoms with E-state index in [0.717, 1.165) is 51.9 Å². The van der Waals surface area contributed by atoms with Gasteiger partial charge in [0, 0.05) is 6.54 Å². The van der Waals surface area contributed by atoms with Crippen LogP contribution >= 0.6 is 0 Å². The van der Waals surface area contributed by atoms with Gasteiger partial charge in [0.05, 0.1) is 5.54 Å². The first-order valence-electron chi connectivity index (χ1n) is 6.92. The van der Waals surface area contributed by atoms with Crippen molar-refractivity contribution in [2.45, 2.75) is 51.5 Å². The minimum Gasteiger partial charge on any atom is -0.368 e. The van der Waals surface area contributed by atoms with Gasteiger partial charge in [-0.1, -0.05) is 13.8 Å². The highest BCUT2D eigenvalue weighted by Crippen LogP contribution is 2.22. The fraction of sp³-hybridized carbons (Fsp3) is 0.923. The monoisotopic (exact) mass is 241 g/mol. The maximum Gasteiger partial charge on any atom is 0.237 e. The summed E-state index contributed by atoms with van der Waals surface area (Å²) in [5, 5.41) is 3.39. The van der Waals surface area contributed by atoms with E-state index in [0.29, 0.717) is 0 Å². The number of nitrogens with two attached hydrogens (primary N) is 1. The molecule has 0 aliphatic carbocycles. The Hall–Kier alpha value is -0.610. The van der Waals surface area contributed by atoms with E-state index in [-0.39, 0.29) is 5.91 Å². The number of amides is 1. The molecule has 4 heteroatoms. The van der Waals surface area contributed by atoms with Gasteiger partial charge in [0.25, 0.3) is 0 Å². The quantitative estimate of drug-likeness (QED) is 0.732. The molecule has 0 saturated carbocycles. The summed E-state index contributed by atoms with van der Waals surface area (Å²) in [6.45, 7) is 8.38. The molecular formula is C13H27N3O. The van der Waals surface area contributed by atoms with E-state index < -0.39 is 5.54 Å². The average Bonchev–Trinajstić information content (AvgIpc) is 2.51. The first-order chi connectivity index (χ1) is 8.14. The van der Waals surface area contributed by atoms with E-state index >= 15 is 0 Å². The second-order valence-corrected chi connectivity index (χ2v) is 5.07. The van der Waals surface area contributed by atoms with Crippen LogP contribution in [0.5, 0.6) is 0 Å². The topological polar surface area (TPSA) is 58.4 Å². The van der Waals surface area contributed by atoms with Gasteiger partial charge >= 0.3 is 0 Å². The number of rotatable bonds is 6. The lowest BCUT2D eigenvalue weighted by Gasteiger charge is -2.30. The maximum atomic E-state index is 11.7. The van der Waals surface area contributed by atoms with Crippen molar-refractivity contribution in [3.63, 3.8) is 0 Å². The summed E-state index contributed by atoms with van der Waals surface area (Å²) in [7, 11) is 0. The average molecular weight is 241 g/mol. The molecule has 1 heterocycles. The Morgan fingerprint density at radius 3 is 2.65 bits per heavy atom. The highest BCUT2D eigenvalue weighted by atomic mass is 16.1. The van der Waals surface area contributed by atoms with E-state index in [1.165, 1.54) is 6.42 Å². The number of hydrogen-bond acceptors (Lipinski definition) is 3. The normalized spacial score (nSPS) is 26.7. The highest BCUT2D eigenvalue weighted by molar-refractivity contribution is 5.84. The van der Waals surface area contributed by atoms with E-state index in [2.05, 4.69) is 24.1 Å². The van der Waals surface area contributed by atoms with Crippen LogP contribution in [0.25, 0.3) is 0 Å². The minimum atomic E-state index is -0.460. The van der Waals surface area contributed by atoms with Gasteiger partial charge in [-0.25, -0.2) is 0 Å². The molecule has 17 heavy (non-hydrogen) atoms. The van der Waals surface area contributed by atoms with E-state index in [1.54, 1.807) is 0 Å². The first-order valence-corrected chi connectivity index (χ1v) is 6.92. The third-order valence-electron chi connectivity index (χ3n) is 3.66. The molecule has 100 valence electrons. The standard InChI is InChI=1S/C13H27N3O/c1-3-8-15-13(12(14)17)6-5-10-16(9-4-2)11-7-13/h15H,3-11H2,1-2H3,(H2,14,17). The molecular weight excluding hydrogens is 214 g/mol. The smallest absolute Gasteiger partial charge is 0.237 e. The van der Waals surface area contributed by atoms with Crippen LogP contribution in [0.2, 0.25) is 0 Å². The van der Waals surface area contributed by atoms with Gasteiger partial charge in [-0.15, -0.1) is 0 Å². The SMILES string of the molecule is CCCNC1(C(N)=O)CCCN(CCC)CC1. The molecule has 0 aromatic carbocycles. The van der Waals surface area contributed by atoms with Crippen LogP contribution < -0.4 is 11.1 Å². The van der Waals surface area contributed by atoms with Crippen LogP contribution in [0.1, 0.15) is 46.0 Å². The Morgan fingerprint density at radius 2 is 2.06 bits per heavy atom. The van der Waals surface area contributed by atoms with Gasteiger partial charge in [0.2, 0.25) is 5.91 Å². The first kappa shape index (κ1) is 14.5. The number of nitrogens with one attached hydrogen (secondary N) is 1. The zero-order valence-electron chi connectivity index (χ0n) is 11.3. The van der Waals surface area contributed by atoms with Crippen LogP contribution in [0.15, 0.2) is 0 Å². The largest absolute Gasteiger partial charge is 0.368 e. The lowest BCUT2D eigenvalue weighted by atomic mass is 9.89. The molecule has 4 nitrogen and oxygen atoms in total. The molecule has 1 atom stereocenters. The number of nitrogens with zero attached hydrogens (tertiary/aromatic N) is 1. The van der Waals surface area contributed by atoms with Gasteiger partial charge < -0.3 is 16.0 Å². The second-order valence-electron chi connectivity index (χ2n) is 5.07. The summed E-state index contributed by atoms with van der Waals surface area (Å²) in [4.78, 5) is 14.2. The summed E-state index contributed by atoms with van der Waals surface area (Å²) in [5.74, 6) is -0.177. The van der Waals surface area contributed by atoms with Crippen molar-refractivity contribution in [1.82, 2.24) is 10.2 Å². The lowest BCUT2D eigenvalue weighted by molar-refractivity contribution is -0.125. The van der Waals surface area contributed by atoms with Crippen molar-refractivity contribution < 1.29 is 4.79 Å². The Kier molecular flexibility index (Phi) is 5.92. The molecule has 1 rings (SSSR count). The van der Waals surface area contributed by atoms with Crippen molar-refractivity contribution in [3.05, 3.63) is 0 Å². The molecule has 0 aromatic heterocycles. The van der Waals surface area contributed by atoms with Crippen LogP contribution in [-0.2, 0) is 4.79 Å². The number of hydrogen-bond donors (Lipinski definition) is 2. The van der Waals surface area contributed by atoms with Crippen LogP contribution in [0.4, 0.5) is 0 Å². The fourth-order valence-electron chi connectivity index (χ4n) is 2.60. The minimum absolute atomic E-state index is 0.177. The number of carbonyl (C=O) groups is 1. The molecule has 1 fully saturated rings. The fourth-order valence-corrected chi connectivity index (χ4v) is 2.60. The summed E-state index contributed by atoms with van der Waals surface area (Å²) in [6, 6.07) is 0. The van der Waals surface area contributed by atoms with Gasteiger partial charge in [0.15, 0.2) is 0 Å². The van der Waals surface area contributed by atoms with Gasteiger partial charge in [0.1, 0.15) is 0 Å². The molecule has 1 saturated heterocycles. The van der Waals surface area contributed by atoms with E-state index in [9.17, 15) is 4.79 Å². The molecule has 1 aliphatic heterocycles. The number of likely N-dealkylation sites (tertiary alicyclic amines) is 1. The van der Waals surface area contributed by atoms with Crippen molar-refractivity contribution in [1.29, 1.82) is 0 Å². The Labute approximate surface area is 105 Å². The predicted octanol–water partition coefficient (Wildman–Crippen LogP) is 1.11. The summed E-state index contributed by atoms with van der Waals surface area (Å²) < 4.78 is 0. The third-order valence-corrected chi connectivity index (χ3v) is 3.66. The Morgan fingerprint density at radius 1 is 1.29 bits per heavy atom. The van der Waals surface area contributed by atoms with Crippen molar-refractivity contribution in [2.75, 3.05) is 26.2 Å². The number of carbonyl (C=O) groups excluding carboxylic acids is 1. The Balaban J connectivity index is 2.62. The molecule has 1 amide bonds. The second kappa shape index (κ2) is 6.97. The van der Waals surface area contributed by atoms with Gasteiger partial charge in [-0.05, 0) is 51.7 Å². The molecule has 0 aromatic rings. The lowest BCUT2D eigenvalue weighted by Crippen LogP contribution is -2.56. The predicted molar refractivity (Wildman–Crippen MR) is 70.8 cm³/mol. The molecule has 0 spiro atoms. The number of primary amides is 1. The van der Waals surface area contributed by atoms with Crippen molar-refractivity contribution in [2.24, 2.45) is 5.73 Å². The molecule has 1 aliphatic rings. The molecule has 1 unspecified atom stereocenters. The third kappa shape index (κ3) is 3.96. The van der Waals surface area contributed by atoms with Crippen molar-refractivity contribution >= 4 is 5.91 Å². The summed E-state index contributed by atoms with van der Waals surface area (Å²) >= 11 is 0. The summed E-state index contributed by atoms with van der Waals surface area (Å²) in [5.41, 5.74) is 5.15. The van der Waals surface area contributed by atoms with Gasteiger partial charge in [-0.3, -0.25) is 4.79 Å². The Bertz CT molecular complexity index is 245. The molecule has 0 radical (unpaired) electrons. The zero-order chi connectivity index (χ0) is 12.7. The molecule has 3 N–H and O–H groups in total. The summed E-state index contributed by atoms with van der Waals surface area (Å²) in [6.07, 6.45) is 4.99. The van der Waals surface area contributed by atoms with E-state index in [4.69, 9.17) is 5.73 Å².